The number of pyridine rings is 1. The Kier molecular flexibility index (Phi) is 6.23. The van der Waals surface area contributed by atoms with Gasteiger partial charge in [0, 0.05) is 29.4 Å². The van der Waals surface area contributed by atoms with Crippen molar-refractivity contribution < 1.29 is 9.59 Å². The van der Waals surface area contributed by atoms with E-state index < -0.39 is 0 Å². The Hall–Kier alpha value is -2.99. The van der Waals surface area contributed by atoms with Crippen molar-refractivity contribution in [2.24, 2.45) is 0 Å². The molecule has 6 heteroatoms. The summed E-state index contributed by atoms with van der Waals surface area (Å²) in [4.78, 5) is 31.4. The summed E-state index contributed by atoms with van der Waals surface area (Å²) in [5, 5.41) is 6.70. The summed E-state index contributed by atoms with van der Waals surface area (Å²) in [5.74, 6) is -0.316. The molecule has 0 radical (unpaired) electrons. The zero-order valence-electron chi connectivity index (χ0n) is 17.0. The van der Waals surface area contributed by atoms with Crippen LogP contribution in [0.25, 0.3) is 0 Å². The highest BCUT2D eigenvalue weighted by Gasteiger charge is 2.26. The first kappa shape index (κ1) is 20.3. The maximum Gasteiger partial charge on any atom is 0.256 e. The van der Waals surface area contributed by atoms with Gasteiger partial charge in [0.25, 0.3) is 11.8 Å². The number of carbonyl (C=O) groups is 2. The maximum absolute atomic E-state index is 13.2. The van der Waals surface area contributed by atoms with E-state index in [4.69, 9.17) is 0 Å². The van der Waals surface area contributed by atoms with Crippen molar-refractivity contribution >= 4 is 28.2 Å². The second-order valence-electron chi connectivity index (χ2n) is 7.58. The highest BCUT2D eigenvalue weighted by molar-refractivity contribution is 7.17. The Morgan fingerprint density at radius 1 is 1.03 bits per heavy atom. The van der Waals surface area contributed by atoms with Gasteiger partial charge in [0.1, 0.15) is 5.00 Å². The van der Waals surface area contributed by atoms with Crippen LogP contribution in [0.3, 0.4) is 0 Å². The van der Waals surface area contributed by atoms with Gasteiger partial charge in [-0.2, -0.15) is 0 Å². The lowest BCUT2D eigenvalue weighted by atomic mass is 10.0. The molecule has 2 aromatic heterocycles. The highest BCUT2D eigenvalue weighted by atomic mass is 32.1. The molecule has 1 aliphatic rings. The van der Waals surface area contributed by atoms with E-state index in [-0.39, 0.29) is 11.8 Å². The topological polar surface area (TPSA) is 71.1 Å². The Bertz CT molecular complexity index is 1060. The molecule has 2 heterocycles. The molecule has 0 fully saturated rings. The van der Waals surface area contributed by atoms with Crippen molar-refractivity contribution in [1.29, 1.82) is 0 Å². The third-order valence-electron chi connectivity index (χ3n) is 5.44. The molecular weight excluding hydrogens is 394 g/mol. The number of benzene rings is 1. The van der Waals surface area contributed by atoms with Crippen molar-refractivity contribution in [2.45, 2.75) is 45.6 Å². The van der Waals surface area contributed by atoms with Crippen LogP contribution < -0.4 is 10.6 Å². The van der Waals surface area contributed by atoms with E-state index in [0.717, 1.165) is 42.4 Å². The van der Waals surface area contributed by atoms with E-state index in [1.54, 1.807) is 23.7 Å². The number of carbonyl (C=O) groups excluding carboxylic acids is 2. The molecule has 154 valence electrons. The van der Waals surface area contributed by atoms with Crippen LogP contribution in [0.5, 0.6) is 0 Å². The number of nitrogens with zero attached hydrogens (tertiary/aromatic N) is 1. The lowest BCUT2D eigenvalue weighted by molar-refractivity contribution is 0.0951. The van der Waals surface area contributed by atoms with E-state index in [1.165, 1.54) is 11.3 Å². The molecule has 0 spiro atoms. The Morgan fingerprint density at radius 2 is 1.87 bits per heavy atom. The van der Waals surface area contributed by atoms with Crippen LogP contribution in [-0.4, -0.2) is 16.8 Å². The number of aromatic nitrogens is 1. The SMILES string of the molecule is Cc1ccccc1C(=O)Nc1sc2c(c1C(=O)NCc1cccnc1)CCCCC2. The van der Waals surface area contributed by atoms with Crippen LogP contribution in [0.2, 0.25) is 0 Å². The van der Waals surface area contributed by atoms with Gasteiger partial charge >= 0.3 is 0 Å². The molecule has 1 aliphatic carbocycles. The number of rotatable bonds is 5. The van der Waals surface area contributed by atoms with E-state index >= 15 is 0 Å². The van der Waals surface area contributed by atoms with Crippen molar-refractivity contribution in [3.8, 4) is 0 Å². The molecule has 0 bridgehead atoms. The summed E-state index contributed by atoms with van der Waals surface area (Å²) < 4.78 is 0. The van der Waals surface area contributed by atoms with Gasteiger partial charge in [-0.25, -0.2) is 0 Å². The minimum absolute atomic E-state index is 0.140. The molecule has 30 heavy (non-hydrogen) atoms. The van der Waals surface area contributed by atoms with E-state index in [2.05, 4.69) is 15.6 Å². The molecule has 0 unspecified atom stereocenters. The van der Waals surface area contributed by atoms with Gasteiger partial charge in [-0.15, -0.1) is 11.3 Å². The summed E-state index contributed by atoms with van der Waals surface area (Å²) >= 11 is 1.55. The van der Waals surface area contributed by atoms with E-state index in [0.29, 0.717) is 22.7 Å². The third-order valence-corrected chi connectivity index (χ3v) is 6.65. The van der Waals surface area contributed by atoms with Crippen LogP contribution in [0.15, 0.2) is 48.8 Å². The molecular formula is C24H25N3O2S. The fourth-order valence-electron chi connectivity index (χ4n) is 3.84. The Labute approximate surface area is 180 Å². The molecule has 0 saturated heterocycles. The van der Waals surface area contributed by atoms with Crippen LogP contribution in [0.1, 0.15) is 61.5 Å². The number of fused-ring (bicyclic) bond motifs is 1. The number of anilines is 1. The molecule has 5 nitrogen and oxygen atoms in total. The summed E-state index contributed by atoms with van der Waals surface area (Å²) in [6, 6.07) is 11.3. The standard InChI is InChI=1S/C24H25N3O2S/c1-16-8-5-6-10-18(16)22(28)27-24-21(19-11-3-2-4-12-20(19)30-24)23(29)26-15-17-9-7-13-25-14-17/h5-10,13-14H,2-4,11-12,15H2,1H3,(H,26,29)(H,27,28). The van der Waals surface area contributed by atoms with E-state index in [1.807, 2.05) is 43.3 Å². The minimum Gasteiger partial charge on any atom is -0.348 e. The second kappa shape index (κ2) is 9.22. The van der Waals surface area contributed by atoms with Gasteiger partial charge < -0.3 is 10.6 Å². The number of thiophene rings is 1. The predicted molar refractivity (Wildman–Crippen MR) is 120 cm³/mol. The summed E-state index contributed by atoms with van der Waals surface area (Å²) in [6.07, 6.45) is 8.65. The fraction of sp³-hybridized carbons (Fsp3) is 0.292. The molecule has 3 aromatic rings. The molecule has 0 saturated carbocycles. The molecule has 4 rings (SSSR count). The molecule has 1 aromatic carbocycles. The zero-order valence-corrected chi connectivity index (χ0v) is 17.8. The number of hydrogen-bond acceptors (Lipinski definition) is 4. The second-order valence-corrected chi connectivity index (χ2v) is 8.69. The van der Waals surface area contributed by atoms with E-state index in [9.17, 15) is 9.59 Å². The minimum atomic E-state index is -0.175. The monoisotopic (exact) mass is 419 g/mol. The van der Waals surface area contributed by atoms with Gasteiger partial charge in [0.15, 0.2) is 0 Å². The maximum atomic E-state index is 13.2. The first-order valence-corrected chi connectivity index (χ1v) is 11.1. The number of aryl methyl sites for hydroxylation is 2. The Balaban J connectivity index is 1.62. The van der Waals surface area contributed by atoms with Crippen molar-refractivity contribution in [2.75, 3.05) is 5.32 Å². The van der Waals surface area contributed by atoms with Gasteiger partial charge in [-0.3, -0.25) is 14.6 Å². The quantitative estimate of drug-likeness (QED) is 0.578. The third kappa shape index (κ3) is 4.44. The van der Waals surface area contributed by atoms with Crippen LogP contribution in [-0.2, 0) is 19.4 Å². The van der Waals surface area contributed by atoms with Crippen LogP contribution in [0, 0.1) is 6.92 Å². The average Bonchev–Trinajstić information content (AvgIpc) is 2.93. The first-order valence-electron chi connectivity index (χ1n) is 10.3. The number of amides is 2. The lowest BCUT2D eigenvalue weighted by Gasteiger charge is -2.11. The van der Waals surface area contributed by atoms with Crippen molar-refractivity contribution in [1.82, 2.24) is 10.3 Å². The number of nitrogens with one attached hydrogen (secondary N) is 2. The van der Waals surface area contributed by atoms with Crippen molar-refractivity contribution in [3.63, 3.8) is 0 Å². The molecule has 2 N–H and O–H groups in total. The van der Waals surface area contributed by atoms with Gasteiger partial charge in [-0.1, -0.05) is 30.7 Å². The normalized spacial score (nSPS) is 13.2. The summed E-state index contributed by atoms with van der Waals surface area (Å²) in [6.45, 7) is 2.32. The molecule has 0 aliphatic heterocycles. The van der Waals surface area contributed by atoms with Crippen LogP contribution >= 0.6 is 11.3 Å². The molecule has 0 atom stereocenters. The largest absolute Gasteiger partial charge is 0.348 e. The number of hydrogen-bond donors (Lipinski definition) is 2. The van der Waals surface area contributed by atoms with Gasteiger partial charge in [0.05, 0.1) is 5.56 Å². The summed E-state index contributed by atoms with van der Waals surface area (Å²) in [7, 11) is 0. The van der Waals surface area contributed by atoms with Crippen LogP contribution in [0.4, 0.5) is 5.00 Å². The molecule has 2 amide bonds. The smallest absolute Gasteiger partial charge is 0.256 e. The fourth-order valence-corrected chi connectivity index (χ4v) is 5.12. The van der Waals surface area contributed by atoms with Gasteiger partial charge in [0.2, 0.25) is 0 Å². The Morgan fingerprint density at radius 3 is 2.67 bits per heavy atom. The first-order chi connectivity index (χ1) is 14.6. The van der Waals surface area contributed by atoms with Crippen molar-refractivity contribution in [3.05, 3.63) is 81.5 Å². The highest BCUT2D eigenvalue weighted by Crippen LogP contribution is 2.38. The lowest BCUT2D eigenvalue weighted by Crippen LogP contribution is -2.25. The predicted octanol–water partition coefficient (Wildman–Crippen LogP) is 4.90. The van der Waals surface area contributed by atoms with Gasteiger partial charge in [-0.05, 0) is 61.4 Å². The zero-order chi connectivity index (χ0) is 20.9. The average molecular weight is 420 g/mol. The summed E-state index contributed by atoms with van der Waals surface area (Å²) in [5.41, 5.74) is 4.21.